The van der Waals surface area contributed by atoms with Crippen molar-refractivity contribution < 1.29 is 5.11 Å². The number of para-hydroxylation sites is 2. The molecule has 6 nitrogen and oxygen atoms in total. The highest BCUT2D eigenvalue weighted by molar-refractivity contribution is 5.50. The van der Waals surface area contributed by atoms with Crippen molar-refractivity contribution in [2.45, 2.75) is 0 Å². The van der Waals surface area contributed by atoms with E-state index in [0.29, 0.717) is 5.69 Å². The molecular weight excluding hydrogens is 182 g/mol. The molecule has 0 bridgehead atoms. The van der Waals surface area contributed by atoms with E-state index in [-0.39, 0.29) is 5.75 Å². The maximum Gasteiger partial charge on any atom is 0.160 e. The van der Waals surface area contributed by atoms with Gasteiger partial charge in [-0.15, -0.1) is 20.4 Å². The molecule has 0 spiro atoms. The standard InChI is InChI=1S/C6H7NO.C2H2N4/c7-5-3-1-2-4-6(5)8;1-3-5-2-6-4-1/h1-4,8H,7H2;1-2H. The lowest BCUT2D eigenvalue weighted by atomic mass is 10.3. The molecule has 1 aromatic carbocycles. The molecule has 0 saturated heterocycles. The lowest BCUT2D eigenvalue weighted by Gasteiger charge is -1.92. The number of nitrogen functional groups attached to an aromatic ring is 1. The molecule has 2 rings (SSSR count). The van der Waals surface area contributed by atoms with Crippen molar-refractivity contribution in [3.05, 3.63) is 36.9 Å². The van der Waals surface area contributed by atoms with Crippen LogP contribution >= 0.6 is 0 Å². The zero-order valence-electron chi connectivity index (χ0n) is 7.28. The number of aromatic nitrogens is 4. The molecule has 1 aromatic heterocycles. The minimum absolute atomic E-state index is 0.146. The molecule has 72 valence electrons. The molecular formula is C8H9N5O. The Bertz CT molecular complexity index is 319. The van der Waals surface area contributed by atoms with E-state index in [4.69, 9.17) is 10.8 Å². The first-order chi connectivity index (χ1) is 6.80. The van der Waals surface area contributed by atoms with Gasteiger partial charge in [-0.2, -0.15) is 0 Å². The summed E-state index contributed by atoms with van der Waals surface area (Å²) < 4.78 is 0. The third kappa shape index (κ3) is 3.44. The largest absolute Gasteiger partial charge is 0.506 e. The van der Waals surface area contributed by atoms with E-state index in [1.165, 1.54) is 12.7 Å². The highest BCUT2D eigenvalue weighted by Gasteiger charge is 1.87. The van der Waals surface area contributed by atoms with E-state index in [2.05, 4.69) is 20.4 Å². The van der Waals surface area contributed by atoms with Gasteiger partial charge in [-0.25, -0.2) is 0 Å². The van der Waals surface area contributed by atoms with E-state index in [1.54, 1.807) is 24.3 Å². The number of rotatable bonds is 0. The first-order valence-electron chi connectivity index (χ1n) is 3.77. The normalized spacial score (nSPS) is 8.57. The first-order valence-corrected chi connectivity index (χ1v) is 3.77. The lowest BCUT2D eigenvalue weighted by Crippen LogP contribution is -1.82. The number of anilines is 1. The van der Waals surface area contributed by atoms with Crippen LogP contribution in [-0.4, -0.2) is 25.5 Å². The minimum Gasteiger partial charge on any atom is -0.506 e. The van der Waals surface area contributed by atoms with E-state index in [1.807, 2.05) is 0 Å². The molecule has 0 aliphatic carbocycles. The highest BCUT2D eigenvalue weighted by Crippen LogP contribution is 2.16. The average Bonchev–Trinajstić information content (AvgIpc) is 2.26. The molecule has 0 unspecified atom stereocenters. The number of nitrogens with zero attached hydrogens (tertiary/aromatic N) is 4. The summed E-state index contributed by atoms with van der Waals surface area (Å²) in [5.41, 5.74) is 5.69. The van der Waals surface area contributed by atoms with Gasteiger partial charge in [-0.05, 0) is 12.1 Å². The number of aromatic hydroxyl groups is 1. The van der Waals surface area contributed by atoms with Crippen LogP contribution in [0.3, 0.4) is 0 Å². The number of nitrogens with two attached hydrogens (primary N) is 1. The number of benzene rings is 1. The second-order valence-electron chi connectivity index (χ2n) is 2.25. The predicted molar refractivity (Wildman–Crippen MR) is 50.1 cm³/mol. The minimum atomic E-state index is 0.146. The quantitative estimate of drug-likeness (QED) is 0.457. The van der Waals surface area contributed by atoms with Crippen molar-refractivity contribution in [1.82, 2.24) is 20.4 Å². The predicted octanol–water partition coefficient (Wildman–Crippen LogP) is 0.241. The summed E-state index contributed by atoms with van der Waals surface area (Å²) >= 11 is 0. The molecule has 0 radical (unpaired) electrons. The summed E-state index contributed by atoms with van der Waals surface area (Å²) in [6, 6.07) is 6.70. The second kappa shape index (κ2) is 5.41. The van der Waals surface area contributed by atoms with Gasteiger partial charge in [0, 0.05) is 0 Å². The molecule has 6 heteroatoms. The highest BCUT2D eigenvalue weighted by atomic mass is 16.3. The smallest absolute Gasteiger partial charge is 0.160 e. The molecule has 0 aliphatic heterocycles. The van der Waals surface area contributed by atoms with Gasteiger partial charge in [-0.3, -0.25) is 0 Å². The van der Waals surface area contributed by atoms with Crippen LogP contribution in [0.1, 0.15) is 0 Å². The van der Waals surface area contributed by atoms with Crippen LogP contribution in [0.15, 0.2) is 36.9 Å². The van der Waals surface area contributed by atoms with Gasteiger partial charge in [0.1, 0.15) is 5.75 Å². The fourth-order valence-corrected chi connectivity index (χ4v) is 0.653. The van der Waals surface area contributed by atoms with Crippen molar-refractivity contribution in [1.29, 1.82) is 0 Å². The van der Waals surface area contributed by atoms with Crippen LogP contribution in [0, 0.1) is 0 Å². The van der Waals surface area contributed by atoms with E-state index >= 15 is 0 Å². The second-order valence-corrected chi connectivity index (χ2v) is 2.25. The van der Waals surface area contributed by atoms with Crippen molar-refractivity contribution in [3.63, 3.8) is 0 Å². The topological polar surface area (TPSA) is 97.8 Å². The summed E-state index contributed by atoms with van der Waals surface area (Å²) in [4.78, 5) is 0. The van der Waals surface area contributed by atoms with E-state index in [9.17, 15) is 0 Å². The van der Waals surface area contributed by atoms with Crippen LogP contribution in [-0.2, 0) is 0 Å². The van der Waals surface area contributed by atoms with E-state index < -0.39 is 0 Å². The fraction of sp³-hybridized carbons (Fsp3) is 0. The maximum absolute atomic E-state index is 8.79. The Labute approximate surface area is 80.4 Å². The summed E-state index contributed by atoms with van der Waals surface area (Å²) in [7, 11) is 0. The van der Waals surface area contributed by atoms with Crippen LogP contribution in [0.25, 0.3) is 0 Å². The van der Waals surface area contributed by atoms with Gasteiger partial charge < -0.3 is 10.8 Å². The average molecular weight is 191 g/mol. The van der Waals surface area contributed by atoms with Gasteiger partial charge in [-0.1, -0.05) is 12.1 Å². The Morgan fingerprint density at radius 3 is 1.71 bits per heavy atom. The van der Waals surface area contributed by atoms with Crippen molar-refractivity contribution in [3.8, 4) is 5.75 Å². The van der Waals surface area contributed by atoms with Gasteiger partial charge in [0.25, 0.3) is 0 Å². The Hall–Kier alpha value is -2.24. The SMILES string of the molecule is Nc1ccccc1O.c1nncnn1. The zero-order valence-corrected chi connectivity index (χ0v) is 7.28. The van der Waals surface area contributed by atoms with Gasteiger partial charge in [0.05, 0.1) is 5.69 Å². The molecule has 14 heavy (non-hydrogen) atoms. The van der Waals surface area contributed by atoms with Gasteiger partial charge in [0.2, 0.25) is 0 Å². The van der Waals surface area contributed by atoms with E-state index in [0.717, 1.165) is 0 Å². The Balaban J connectivity index is 0.000000146. The third-order valence-corrected chi connectivity index (χ3v) is 1.28. The van der Waals surface area contributed by atoms with Gasteiger partial charge >= 0.3 is 0 Å². The third-order valence-electron chi connectivity index (χ3n) is 1.28. The Morgan fingerprint density at radius 2 is 1.43 bits per heavy atom. The maximum atomic E-state index is 8.79. The van der Waals surface area contributed by atoms with Crippen molar-refractivity contribution in [2.75, 3.05) is 5.73 Å². The molecule has 1 heterocycles. The molecule has 0 saturated carbocycles. The van der Waals surface area contributed by atoms with Gasteiger partial charge in [0.15, 0.2) is 12.7 Å². The Kier molecular flexibility index (Phi) is 3.81. The number of hydrogen-bond donors (Lipinski definition) is 2. The molecule has 0 atom stereocenters. The summed E-state index contributed by atoms with van der Waals surface area (Å²) in [6.07, 6.45) is 2.56. The monoisotopic (exact) mass is 191 g/mol. The molecule has 0 fully saturated rings. The summed E-state index contributed by atoms with van der Waals surface area (Å²) in [5.74, 6) is 0.146. The lowest BCUT2D eigenvalue weighted by molar-refractivity contribution is 0.478. The van der Waals surface area contributed by atoms with Crippen LogP contribution in [0.5, 0.6) is 5.75 Å². The number of hydrogen-bond acceptors (Lipinski definition) is 6. The molecule has 3 N–H and O–H groups in total. The summed E-state index contributed by atoms with van der Waals surface area (Å²) in [6.45, 7) is 0. The van der Waals surface area contributed by atoms with Crippen LogP contribution in [0.4, 0.5) is 5.69 Å². The summed E-state index contributed by atoms with van der Waals surface area (Å²) in [5, 5.41) is 22.2. The Morgan fingerprint density at radius 1 is 0.929 bits per heavy atom. The number of phenolic OH excluding ortho intramolecular Hbond substituents is 1. The van der Waals surface area contributed by atoms with Crippen molar-refractivity contribution >= 4 is 5.69 Å². The first kappa shape index (κ1) is 9.85. The van der Waals surface area contributed by atoms with Crippen LogP contribution < -0.4 is 5.73 Å². The number of phenols is 1. The van der Waals surface area contributed by atoms with Crippen molar-refractivity contribution in [2.24, 2.45) is 0 Å². The zero-order chi connectivity index (χ0) is 10.2. The van der Waals surface area contributed by atoms with Crippen LogP contribution in [0.2, 0.25) is 0 Å². The molecule has 2 aromatic rings. The fourth-order valence-electron chi connectivity index (χ4n) is 0.653. The molecule has 0 aliphatic rings. The molecule has 0 amide bonds.